The second kappa shape index (κ2) is 6.83. The van der Waals surface area contributed by atoms with Crippen molar-refractivity contribution in [2.45, 2.75) is 12.3 Å². The van der Waals surface area contributed by atoms with Gasteiger partial charge in [-0.2, -0.15) is 0 Å². The maximum Gasteiger partial charge on any atom is 0.123 e. The van der Waals surface area contributed by atoms with E-state index in [-0.39, 0.29) is 0 Å². The highest BCUT2D eigenvalue weighted by Crippen LogP contribution is 2.39. The summed E-state index contributed by atoms with van der Waals surface area (Å²) in [6.07, 6.45) is 4.65. The third-order valence-electron chi connectivity index (χ3n) is 4.25. The molecule has 4 rings (SSSR count). The molecule has 2 aromatic heterocycles. The molecule has 0 saturated heterocycles. The molecule has 24 heavy (non-hydrogen) atoms. The van der Waals surface area contributed by atoms with Crippen molar-refractivity contribution in [2.75, 3.05) is 18.5 Å². The smallest absolute Gasteiger partial charge is 0.123 e. The lowest BCUT2D eigenvalue weighted by molar-refractivity contribution is 0.270. The molecule has 0 aliphatic carbocycles. The summed E-state index contributed by atoms with van der Waals surface area (Å²) in [5.74, 6) is 1.43. The maximum atomic E-state index is 6.05. The number of thiophene rings is 1. The molecule has 0 bridgehead atoms. The number of aromatic nitrogens is 1. The maximum absolute atomic E-state index is 6.05. The SMILES string of the molecule is Clc1ccc(-c2ccc3c(c2)OCC[C@@H]3CNc2cccnc2)s1. The van der Waals surface area contributed by atoms with Crippen molar-refractivity contribution < 1.29 is 4.74 Å². The van der Waals surface area contributed by atoms with Crippen LogP contribution in [0.5, 0.6) is 5.75 Å². The van der Waals surface area contributed by atoms with Crippen LogP contribution in [0.15, 0.2) is 54.9 Å². The van der Waals surface area contributed by atoms with E-state index >= 15 is 0 Å². The molecule has 3 nitrogen and oxygen atoms in total. The molecule has 0 amide bonds. The molecule has 0 fully saturated rings. The highest BCUT2D eigenvalue weighted by Gasteiger charge is 2.22. The molecule has 0 radical (unpaired) electrons. The molecule has 1 atom stereocenters. The summed E-state index contributed by atoms with van der Waals surface area (Å²) in [5, 5.41) is 3.47. The lowest BCUT2D eigenvalue weighted by Crippen LogP contribution is -2.20. The molecule has 3 aromatic rings. The van der Waals surface area contributed by atoms with Gasteiger partial charge in [-0.15, -0.1) is 11.3 Å². The fraction of sp³-hybridized carbons (Fsp3) is 0.211. The summed E-state index contributed by atoms with van der Waals surface area (Å²) < 4.78 is 6.71. The van der Waals surface area contributed by atoms with E-state index in [2.05, 4.69) is 34.6 Å². The number of nitrogens with zero attached hydrogens (tertiary/aromatic N) is 1. The lowest BCUT2D eigenvalue weighted by atomic mass is 9.92. The fourth-order valence-electron chi connectivity index (χ4n) is 3.01. The molecule has 0 unspecified atom stereocenters. The number of halogens is 1. The largest absolute Gasteiger partial charge is 0.493 e. The van der Waals surface area contributed by atoms with Gasteiger partial charge >= 0.3 is 0 Å². The van der Waals surface area contributed by atoms with E-state index in [1.807, 2.05) is 24.4 Å². The minimum absolute atomic E-state index is 0.440. The predicted octanol–water partition coefficient (Wildman–Crippen LogP) is 5.44. The van der Waals surface area contributed by atoms with Crippen molar-refractivity contribution in [2.24, 2.45) is 0 Å². The molecule has 0 spiro atoms. The molecule has 1 N–H and O–H groups in total. The zero-order valence-electron chi connectivity index (χ0n) is 13.0. The third kappa shape index (κ3) is 3.25. The summed E-state index contributed by atoms with van der Waals surface area (Å²) >= 11 is 7.64. The first-order valence-electron chi connectivity index (χ1n) is 7.96. The molecule has 0 saturated carbocycles. The van der Waals surface area contributed by atoms with Crippen LogP contribution in [0.1, 0.15) is 17.9 Å². The molecular formula is C19H17ClN2OS. The third-order valence-corrected chi connectivity index (χ3v) is 5.53. The van der Waals surface area contributed by atoms with Crippen molar-refractivity contribution >= 4 is 28.6 Å². The van der Waals surface area contributed by atoms with E-state index in [0.29, 0.717) is 5.92 Å². The molecule has 122 valence electrons. The van der Waals surface area contributed by atoms with Gasteiger partial charge < -0.3 is 10.1 Å². The van der Waals surface area contributed by atoms with Crippen LogP contribution in [0.4, 0.5) is 5.69 Å². The zero-order chi connectivity index (χ0) is 16.4. The Labute approximate surface area is 150 Å². The van der Waals surface area contributed by atoms with Gasteiger partial charge in [0.1, 0.15) is 5.75 Å². The number of hydrogen-bond donors (Lipinski definition) is 1. The van der Waals surface area contributed by atoms with Crippen molar-refractivity contribution in [1.29, 1.82) is 0 Å². The summed E-state index contributed by atoms with van der Waals surface area (Å²) in [4.78, 5) is 5.31. The molecule has 3 heterocycles. The molecule has 1 aromatic carbocycles. The van der Waals surface area contributed by atoms with Gasteiger partial charge in [0.15, 0.2) is 0 Å². The standard InChI is InChI=1S/C19H17ClN2OS/c20-19-6-5-18(24-19)13-3-4-16-14(7-9-23-17(16)10-13)11-22-15-2-1-8-21-12-15/h1-6,8,10,12,14,22H,7,9,11H2/t14-/m1/s1. The van der Waals surface area contributed by atoms with Crippen LogP contribution in [0.2, 0.25) is 4.34 Å². The van der Waals surface area contributed by atoms with Crippen LogP contribution >= 0.6 is 22.9 Å². The number of pyridine rings is 1. The quantitative estimate of drug-likeness (QED) is 0.675. The Morgan fingerprint density at radius 3 is 3.00 bits per heavy atom. The number of nitrogens with one attached hydrogen (secondary N) is 1. The highest BCUT2D eigenvalue weighted by atomic mass is 35.5. The summed E-state index contributed by atoms with van der Waals surface area (Å²) in [5.41, 5.74) is 3.48. The van der Waals surface area contributed by atoms with Crippen molar-refractivity contribution in [3.63, 3.8) is 0 Å². The molecule has 1 aliphatic heterocycles. The van der Waals surface area contributed by atoms with Gasteiger partial charge in [-0.05, 0) is 47.9 Å². The van der Waals surface area contributed by atoms with E-state index in [1.54, 1.807) is 17.5 Å². The van der Waals surface area contributed by atoms with Crippen LogP contribution in [-0.2, 0) is 0 Å². The summed E-state index contributed by atoms with van der Waals surface area (Å²) in [6.45, 7) is 1.63. The lowest BCUT2D eigenvalue weighted by Gasteiger charge is -2.27. The van der Waals surface area contributed by atoms with Crippen molar-refractivity contribution in [3.05, 3.63) is 64.8 Å². The summed E-state index contributed by atoms with van der Waals surface area (Å²) in [6, 6.07) is 14.4. The zero-order valence-corrected chi connectivity index (χ0v) is 14.6. The van der Waals surface area contributed by atoms with Gasteiger partial charge in [0.2, 0.25) is 0 Å². The number of benzene rings is 1. The Balaban J connectivity index is 1.54. The highest BCUT2D eigenvalue weighted by molar-refractivity contribution is 7.19. The first-order valence-corrected chi connectivity index (χ1v) is 9.15. The predicted molar refractivity (Wildman–Crippen MR) is 100 cm³/mol. The fourth-order valence-corrected chi connectivity index (χ4v) is 4.05. The van der Waals surface area contributed by atoms with Gasteiger partial charge in [-0.1, -0.05) is 23.7 Å². The van der Waals surface area contributed by atoms with Crippen LogP contribution in [0, 0.1) is 0 Å². The average Bonchev–Trinajstić information content (AvgIpc) is 3.07. The Bertz CT molecular complexity index is 834. The van der Waals surface area contributed by atoms with Gasteiger partial charge in [0.25, 0.3) is 0 Å². The summed E-state index contributed by atoms with van der Waals surface area (Å²) in [7, 11) is 0. The number of hydrogen-bond acceptors (Lipinski definition) is 4. The minimum atomic E-state index is 0.440. The number of ether oxygens (including phenoxy) is 1. The van der Waals surface area contributed by atoms with Crippen LogP contribution < -0.4 is 10.1 Å². The average molecular weight is 357 g/mol. The van der Waals surface area contributed by atoms with Crippen molar-refractivity contribution in [1.82, 2.24) is 4.98 Å². The number of rotatable bonds is 4. The second-order valence-electron chi connectivity index (χ2n) is 5.81. The number of fused-ring (bicyclic) bond motifs is 1. The van der Waals surface area contributed by atoms with Crippen LogP contribution in [0.25, 0.3) is 10.4 Å². The van der Waals surface area contributed by atoms with E-state index in [0.717, 1.165) is 40.9 Å². The van der Waals surface area contributed by atoms with Gasteiger partial charge in [0.05, 0.1) is 16.6 Å². The van der Waals surface area contributed by atoms with E-state index in [9.17, 15) is 0 Å². The van der Waals surface area contributed by atoms with Gasteiger partial charge in [-0.3, -0.25) is 4.98 Å². The Hall–Kier alpha value is -2.04. The van der Waals surface area contributed by atoms with Gasteiger partial charge in [0, 0.05) is 29.7 Å². The molecule has 5 heteroatoms. The first kappa shape index (κ1) is 15.5. The Morgan fingerprint density at radius 2 is 2.21 bits per heavy atom. The van der Waals surface area contributed by atoms with Crippen LogP contribution in [-0.4, -0.2) is 18.1 Å². The van der Waals surface area contributed by atoms with E-state index < -0.39 is 0 Å². The normalized spacial score (nSPS) is 16.3. The topological polar surface area (TPSA) is 34.1 Å². The van der Waals surface area contributed by atoms with Gasteiger partial charge in [-0.25, -0.2) is 0 Å². The van der Waals surface area contributed by atoms with E-state index in [1.165, 1.54) is 10.4 Å². The molecule has 1 aliphatic rings. The van der Waals surface area contributed by atoms with Crippen molar-refractivity contribution in [3.8, 4) is 16.2 Å². The number of anilines is 1. The van der Waals surface area contributed by atoms with E-state index in [4.69, 9.17) is 16.3 Å². The molecular weight excluding hydrogens is 340 g/mol. The second-order valence-corrected chi connectivity index (χ2v) is 7.53. The monoisotopic (exact) mass is 356 g/mol. The first-order chi connectivity index (χ1) is 11.8. The minimum Gasteiger partial charge on any atom is -0.493 e. The Kier molecular flexibility index (Phi) is 4.41. The van der Waals surface area contributed by atoms with Crippen LogP contribution in [0.3, 0.4) is 0 Å². The Morgan fingerprint density at radius 1 is 1.25 bits per heavy atom.